The first-order chi connectivity index (χ1) is 7.61. The normalized spacial score (nSPS) is 12.1. The van der Waals surface area contributed by atoms with E-state index in [1.807, 2.05) is 31.2 Å². The van der Waals surface area contributed by atoms with Crippen LogP contribution in [0.1, 0.15) is 19.8 Å². The lowest BCUT2D eigenvalue weighted by Crippen LogP contribution is -2.01. The minimum atomic E-state index is -0.734. The Kier molecular flexibility index (Phi) is 5.19. The van der Waals surface area contributed by atoms with Crippen molar-refractivity contribution in [1.82, 2.24) is 0 Å². The minimum absolute atomic E-state index is 0.227. The van der Waals surface area contributed by atoms with Gasteiger partial charge in [-0.3, -0.25) is 4.79 Å². The number of thioether (sulfide) groups is 1. The second kappa shape index (κ2) is 6.43. The fourth-order valence-corrected chi connectivity index (χ4v) is 2.27. The van der Waals surface area contributed by atoms with Crippen molar-refractivity contribution in [3.05, 3.63) is 24.3 Å². The van der Waals surface area contributed by atoms with E-state index in [0.29, 0.717) is 11.7 Å². The Labute approximate surface area is 99.8 Å². The number of carboxylic acids is 1. The molecule has 16 heavy (non-hydrogen) atoms. The zero-order valence-corrected chi connectivity index (χ0v) is 10.3. The number of carboxylic acid groups (broad SMARTS) is 1. The predicted molar refractivity (Wildman–Crippen MR) is 65.2 cm³/mol. The van der Waals surface area contributed by atoms with Crippen molar-refractivity contribution >= 4 is 17.7 Å². The maximum Gasteiger partial charge on any atom is 0.303 e. The van der Waals surface area contributed by atoms with Gasteiger partial charge >= 0.3 is 5.97 Å². The van der Waals surface area contributed by atoms with Crippen molar-refractivity contribution in [2.45, 2.75) is 29.9 Å². The lowest BCUT2D eigenvalue weighted by molar-refractivity contribution is -0.137. The van der Waals surface area contributed by atoms with Crippen molar-refractivity contribution in [3.63, 3.8) is 0 Å². The summed E-state index contributed by atoms with van der Waals surface area (Å²) in [6.45, 7) is 2.04. The molecule has 0 heterocycles. The molecule has 0 fully saturated rings. The molecule has 0 aliphatic heterocycles. The van der Waals surface area contributed by atoms with Gasteiger partial charge in [-0.15, -0.1) is 11.8 Å². The van der Waals surface area contributed by atoms with Gasteiger partial charge in [0.05, 0.1) is 7.11 Å². The van der Waals surface area contributed by atoms with E-state index in [4.69, 9.17) is 9.84 Å². The van der Waals surface area contributed by atoms with E-state index >= 15 is 0 Å². The quantitative estimate of drug-likeness (QED) is 0.776. The Balaban J connectivity index is 2.43. The van der Waals surface area contributed by atoms with Gasteiger partial charge in [-0.2, -0.15) is 0 Å². The van der Waals surface area contributed by atoms with Crippen LogP contribution in [0.4, 0.5) is 0 Å². The van der Waals surface area contributed by atoms with Crippen LogP contribution in [0.15, 0.2) is 29.2 Å². The lowest BCUT2D eigenvalue weighted by Gasteiger charge is -2.09. The molecule has 3 nitrogen and oxygen atoms in total. The fourth-order valence-electron chi connectivity index (χ4n) is 1.27. The van der Waals surface area contributed by atoms with Crippen molar-refractivity contribution < 1.29 is 14.6 Å². The second-order valence-corrected chi connectivity index (χ2v) is 5.05. The number of carbonyl (C=O) groups is 1. The van der Waals surface area contributed by atoms with E-state index in [1.54, 1.807) is 18.9 Å². The Morgan fingerprint density at radius 1 is 1.44 bits per heavy atom. The van der Waals surface area contributed by atoms with Crippen molar-refractivity contribution in [2.75, 3.05) is 7.11 Å². The molecule has 0 aliphatic carbocycles. The average molecular weight is 240 g/mol. The van der Waals surface area contributed by atoms with E-state index < -0.39 is 5.97 Å². The monoisotopic (exact) mass is 240 g/mol. The largest absolute Gasteiger partial charge is 0.497 e. The van der Waals surface area contributed by atoms with Crippen LogP contribution in [0.3, 0.4) is 0 Å². The van der Waals surface area contributed by atoms with E-state index in [-0.39, 0.29) is 6.42 Å². The molecule has 0 aromatic heterocycles. The van der Waals surface area contributed by atoms with Crippen LogP contribution in [0, 0.1) is 0 Å². The molecule has 1 rings (SSSR count). The molecule has 4 heteroatoms. The van der Waals surface area contributed by atoms with Gasteiger partial charge in [0.1, 0.15) is 5.75 Å². The van der Waals surface area contributed by atoms with Gasteiger partial charge in [-0.1, -0.05) is 6.92 Å². The van der Waals surface area contributed by atoms with E-state index in [0.717, 1.165) is 10.6 Å². The first-order valence-electron chi connectivity index (χ1n) is 5.14. The van der Waals surface area contributed by atoms with Crippen LogP contribution in [-0.2, 0) is 4.79 Å². The highest BCUT2D eigenvalue weighted by Gasteiger charge is 2.07. The molecule has 0 saturated carbocycles. The van der Waals surface area contributed by atoms with Gasteiger partial charge in [0.2, 0.25) is 0 Å². The smallest absolute Gasteiger partial charge is 0.303 e. The fraction of sp³-hybridized carbons (Fsp3) is 0.417. The van der Waals surface area contributed by atoms with E-state index in [9.17, 15) is 4.79 Å². The van der Waals surface area contributed by atoms with Gasteiger partial charge in [-0.05, 0) is 30.7 Å². The third-order valence-corrected chi connectivity index (χ3v) is 3.34. The summed E-state index contributed by atoms with van der Waals surface area (Å²) in [5, 5.41) is 8.88. The van der Waals surface area contributed by atoms with Crippen LogP contribution < -0.4 is 4.74 Å². The molecular formula is C12H16O3S. The lowest BCUT2D eigenvalue weighted by atomic mass is 10.2. The summed E-state index contributed by atoms with van der Waals surface area (Å²) in [5.74, 6) is 0.102. The molecule has 1 atom stereocenters. The van der Waals surface area contributed by atoms with Gasteiger partial charge in [-0.25, -0.2) is 0 Å². The molecule has 1 aromatic rings. The molecule has 0 spiro atoms. The standard InChI is InChI=1S/C12H16O3S/c1-9(3-8-12(13)14)16-11-6-4-10(15-2)5-7-11/h4-7,9H,3,8H2,1-2H3,(H,13,14). The molecule has 1 unspecified atom stereocenters. The third kappa shape index (κ3) is 4.57. The molecule has 0 saturated heterocycles. The highest BCUT2D eigenvalue weighted by molar-refractivity contribution is 7.99. The summed E-state index contributed by atoms with van der Waals surface area (Å²) < 4.78 is 5.07. The van der Waals surface area contributed by atoms with Crippen molar-refractivity contribution in [2.24, 2.45) is 0 Å². The number of aliphatic carboxylic acids is 1. The third-order valence-electron chi connectivity index (χ3n) is 2.16. The Morgan fingerprint density at radius 2 is 2.06 bits per heavy atom. The van der Waals surface area contributed by atoms with E-state index in [2.05, 4.69) is 0 Å². The number of ether oxygens (including phenoxy) is 1. The molecule has 88 valence electrons. The maximum absolute atomic E-state index is 10.4. The van der Waals surface area contributed by atoms with Crippen LogP contribution >= 0.6 is 11.8 Å². The summed E-state index contributed by atoms with van der Waals surface area (Å²) >= 11 is 1.69. The summed E-state index contributed by atoms with van der Waals surface area (Å²) in [6.07, 6.45) is 0.913. The van der Waals surface area contributed by atoms with Crippen LogP contribution in [0.5, 0.6) is 5.75 Å². The van der Waals surface area contributed by atoms with Gasteiger partial charge in [0, 0.05) is 16.6 Å². The summed E-state index contributed by atoms with van der Waals surface area (Å²) in [5.41, 5.74) is 0. The number of methoxy groups -OCH3 is 1. The summed E-state index contributed by atoms with van der Waals surface area (Å²) in [4.78, 5) is 11.6. The SMILES string of the molecule is COc1ccc(SC(C)CCC(=O)O)cc1. The van der Waals surface area contributed by atoms with Gasteiger partial charge in [0.25, 0.3) is 0 Å². The molecule has 1 N–H and O–H groups in total. The maximum atomic E-state index is 10.4. The molecule has 0 radical (unpaired) electrons. The number of hydrogen-bond donors (Lipinski definition) is 1. The summed E-state index contributed by atoms with van der Waals surface area (Å²) in [6, 6.07) is 7.79. The molecule has 0 aliphatic rings. The molecule has 0 bridgehead atoms. The van der Waals surface area contributed by atoms with Gasteiger partial charge < -0.3 is 9.84 Å². The van der Waals surface area contributed by atoms with Crippen molar-refractivity contribution in [1.29, 1.82) is 0 Å². The molecular weight excluding hydrogens is 224 g/mol. The van der Waals surface area contributed by atoms with Gasteiger partial charge in [0.15, 0.2) is 0 Å². The number of hydrogen-bond acceptors (Lipinski definition) is 3. The second-order valence-electron chi connectivity index (χ2n) is 3.54. The van der Waals surface area contributed by atoms with Crippen LogP contribution in [0.2, 0.25) is 0 Å². The van der Waals surface area contributed by atoms with Crippen LogP contribution in [0.25, 0.3) is 0 Å². The predicted octanol–water partition coefficient (Wildman–Crippen LogP) is 3.04. The average Bonchev–Trinajstić information content (AvgIpc) is 2.27. The van der Waals surface area contributed by atoms with Crippen molar-refractivity contribution in [3.8, 4) is 5.75 Å². The topological polar surface area (TPSA) is 46.5 Å². The summed E-state index contributed by atoms with van der Waals surface area (Å²) in [7, 11) is 1.64. The van der Waals surface area contributed by atoms with E-state index in [1.165, 1.54) is 0 Å². The highest BCUT2D eigenvalue weighted by Crippen LogP contribution is 2.27. The first kappa shape index (κ1) is 12.9. The Morgan fingerprint density at radius 3 is 2.56 bits per heavy atom. The number of benzene rings is 1. The minimum Gasteiger partial charge on any atom is -0.497 e. The number of rotatable bonds is 6. The zero-order chi connectivity index (χ0) is 12.0. The Bertz CT molecular complexity index is 335. The highest BCUT2D eigenvalue weighted by atomic mass is 32.2. The Hall–Kier alpha value is -1.16. The van der Waals surface area contributed by atoms with Crippen LogP contribution in [-0.4, -0.2) is 23.4 Å². The zero-order valence-electron chi connectivity index (χ0n) is 9.47. The molecule has 1 aromatic carbocycles. The first-order valence-corrected chi connectivity index (χ1v) is 6.02. The molecule has 0 amide bonds.